The summed E-state index contributed by atoms with van der Waals surface area (Å²) in [6, 6.07) is 6.13. The quantitative estimate of drug-likeness (QED) is 0.705. The number of nitrogens with one attached hydrogen (secondary N) is 1. The van der Waals surface area contributed by atoms with Gasteiger partial charge in [-0.2, -0.15) is 0 Å². The minimum atomic E-state index is 0.211. The van der Waals surface area contributed by atoms with E-state index in [4.69, 9.17) is 9.84 Å². The summed E-state index contributed by atoms with van der Waals surface area (Å²) in [6.07, 6.45) is 1.76. The number of hydrogen-bond donors (Lipinski definition) is 2. The molecule has 0 aromatic heterocycles. The molecule has 0 unspecified atom stereocenters. The van der Waals surface area contributed by atoms with Crippen molar-refractivity contribution in [1.29, 1.82) is 0 Å². The lowest BCUT2D eigenvalue weighted by atomic mass is 10.1. The fraction of sp³-hybridized carbons (Fsp3) is 0.500. The minimum absolute atomic E-state index is 0.211. The minimum Gasteiger partial charge on any atom is -0.495 e. The molecule has 2 N–H and O–H groups in total. The van der Waals surface area contributed by atoms with Gasteiger partial charge in [0.1, 0.15) is 5.75 Å². The highest BCUT2D eigenvalue weighted by Gasteiger charge is 2.02. The fourth-order valence-corrected chi connectivity index (χ4v) is 1.42. The first-order valence-corrected chi connectivity index (χ1v) is 5.33. The van der Waals surface area contributed by atoms with Crippen LogP contribution in [0.3, 0.4) is 0 Å². The standard InChI is InChI=1S/C12H19NO2/c1-3-10-5-6-12(15-2)11(9-10)13-7-4-8-14/h5-6,9,13-14H,3-4,7-8H2,1-2H3. The molecule has 0 aliphatic carbocycles. The van der Waals surface area contributed by atoms with Gasteiger partial charge in [0.2, 0.25) is 0 Å². The molecule has 3 nitrogen and oxygen atoms in total. The molecule has 1 rings (SSSR count). The lowest BCUT2D eigenvalue weighted by molar-refractivity contribution is 0.292. The molecule has 1 aromatic carbocycles. The van der Waals surface area contributed by atoms with Gasteiger partial charge in [-0.25, -0.2) is 0 Å². The molecule has 0 amide bonds. The first-order valence-electron chi connectivity index (χ1n) is 5.33. The summed E-state index contributed by atoms with van der Waals surface area (Å²) in [5.74, 6) is 0.852. The van der Waals surface area contributed by atoms with E-state index in [9.17, 15) is 0 Å². The molecule has 1 aromatic rings. The molecule has 0 spiro atoms. The first-order chi connectivity index (χ1) is 7.31. The van der Waals surface area contributed by atoms with E-state index < -0.39 is 0 Å². The fourth-order valence-electron chi connectivity index (χ4n) is 1.42. The molecule has 0 radical (unpaired) electrons. The van der Waals surface area contributed by atoms with Crippen LogP contribution in [0.15, 0.2) is 18.2 Å². The Morgan fingerprint density at radius 2 is 2.20 bits per heavy atom. The molecule has 15 heavy (non-hydrogen) atoms. The smallest absolute Gasteiger partial charge is 0.141 e. The lowest BCUT2D eigenvalue weighted by Crippen LogP contribution is -2.05. The number of methoxy groups -OCH3 is 1. The van der Waals surface area contributed by atoms with Gasteiger partial charge in [0.15, 0.2) is 0 Å². The lowest BCUT2D eigenvalue weighted by Gasteiger charge is -2.11. The molecule has 3 heteroatoms. The third-order valence-corrected chi connectivity index (χ3v) is 2.32. The van der Waals surface area contributed by atoms with E-state index in [-0.39, 0.29) is 6.61 Å². The number of aliphatic hydroxyl groups excluding tert-OH is 1. The molecule has 0 heterocycles. The van der Waals surface area contributed by atoms with Crippen LogP contribution in [0, 0.1) is 0 Å². The molecule has 0 aliphatic heterocycles. The van der Waals surface area contributed by atoms with E-state index in [1.807, 2.05) is 6.07 Å². The van der Waals surface area contributed by atoms with Gasteiger partial charge in [-0.1, -0.05) is 13.0 Å². The zero-order valence-electron chi connectivity index (χ0n) is 9.42. The summed E-state index contributed by atoms with van der Waals surface area (Å²) in [4.78, 5) is 0. The van der Waals surface area contributed by atoms with Crippen molar-refractivity contribution in [2.75, 3.05) is 25.6 Å². The van der Waals surface area contributed by atoms with Crippen molar-refractivity contribution < 1.29 is 9.84 Å². The molecular formula is C12H19NO2. The molecule has 0 aliphatic rings. The van der Waals surface area contributed by atoms with E-state index in [1.165, 1.54) is 5.56 Å². The number of rotatable bonds is 6. The van der Waals surface area contributed by atoms with Crippen LogP contribution in [0.5, 0.6) is 5.75 Å². The average Bonchev–Trinajstić information content (AvgIpc) is 2.29. The van der Waals surface area contributed by atoms with Gasteiger partial charge < -0.3 is 15.2 Å². The normalized spacial score (nSPS) is 10.1. The number of aryl methyl sites for hydroxylation is 1. The summed E-state index contributed by atoms with van der Waals surface area (Å²) in [7, 11) is 1.66. The van der Waals surface area contributed by atoms with Crippen molar-refractivity contribution in [2.45, 2.75) is 19.8 Å². The SMILES string of the molecule is CCc1ccc(OC)c(NCCCO)c1. The zero-order valence-corrected chi connectivity index (χ0v) is 9.42. The van der Waals surface area contributed by atoms with E-state index in [2.05, 4.69) is 24.4 Å². The van der Waals surface area contributed by atoms with Crippen molar-refractivity contribution in [3.63, 3.8) is 0 Å². The van der Waals surface area contributed by atoms with Crippen LogP contribution in [0.4, 0.5) is 5.69 Å². The molecule has 0 fully saturated rings. The Labute approximate surface area is 91.1 Å². The van der Waals surface area contributed by atoms with Crippen LogP contribution in [-0.2, 0) is 6.42 Å². The molecule has 84 valence electrons. The topological polar surface area (TPSA) is 41.5 Å². The van der Waals surface area contributed by atoms with Crippen LogP contribution in [0.2, 0.25) is 0 Å². The molecule has 0 saturated heterocycles. The van der Waals surface area contributed by atoms with Gasteiger partial charge in [0.05, 0.1) is 12.8 Å². The Bertz CT molecular complexity index is 300. The summed E-state index contributed by atoms with van der Waals surface area (Å²) in [5, 5.41) is 12.0. The zero-order chi connectivity index (χ0) is 11.1. The second kappa shape index (κ2) is 6.30. The van der Waals surface area contributed by atoms with Gasteiger partial charge in [-0.3, -0.25) is 0 Å². The highest BCUT2D eigenvalue weighted by molar-refractivity contribution is 5.58. The third kappa shape index (κ3) is 3.44. The van der Waals surface area contributed by atoms with Gasteiger partial charge in [-0.15, -0.1) is 0 Å². The third-order valence-electron chi connectivity index (χ3n) is 2.32. The van der Waals surface area contributed by atoms with Crippen LogP contribution in [-0.4, -0.2) is 25.4 Å². The number of aliphatic hydroxyl groups is 1. The molecular weight excluding hydrogens is 190 g/mol. The average molecular weight is 209 g/mol. The van der Waals surface area contributed by atoms with Gasteiger partial charge in [-0.05, 0) is 30.5 Å². The predicted octanol–water partition coefficient (Wildman–Crippen LogP) is 2.05. The van der Waals surface area contributed by atoms with E-state index in [0.717, 1.165) is 30.8 Å². The Hall–Kier alpha value is -1.22. The molecule has 0 saturated carbocycles. The highest BCUT2D eigenvalue weighted by Crippen LogP contribution is 2.25. The van der Waals surface area contributed by atoms with E-state index >= 15 is 0 Å². The summed E-state index contributed by atoms with van der Waals surface area (Å²) in [5.41, 5.74) is 2.28. The van der Waals surface area contributed by atoms with Crippen molar-refractivity contribution in [2.24, 2.45) is 0 Å². The summed E-state index contributed by atoms with van der Waals surface area (Å²) in [6.45, 7) is 3.10. The Morgan fingerprint density at radius 3 is 2.80 bits per heavy atom. The highest BCUT2D eigenvalue weighted by atomic mass is 16.5. The number of benzene rings is 1. The van der Waals surface area contributed by atoms with E-state index in [0.29, 0.717) is 0 Å². The Morgan fingerprint density at radius 1 is 1.40 bits per heavy atom. The van der Waals surface area contributed by atoms with Gasteiger partial charge >= 0.3 is 0 Å². The summed E-state index contributed by atoms with van der Waals surface area (Å²) >= 11 is 0. The molecule has 0 atom stereocenters. The van der Waals surface area contributed by atoms with Crippen molar-refractivity contribution in [1.82, 2.24) is 0 Å². The molecule has 0 bridgehead atoms. The maximum atomic E-state index is 8.70. The summed E-state index contributed by atoms with van der Waals surface area (Å²) < 4.78 is 5.25. The van der Waals surface area contributed by atoms with Crippen LogP contribution < -0.4 is 10.1 Å². The van der Waals surface area contributed by atoms with Crippen molar-refractivity contribution in [3.8, 4) is 5.75 Å². The predicted molar refractivity (Wildman–Crippen MR) is 62.6 cm³/mol. The maximum Gasteiger partial charge on any atom is 0.141 e. The second-order valence-corrected chi connectivity index (χ2v) is 3.39. The largest absolute Gasteiger partial charge is 0.495 e. The first kappa shape index (κ1) is 11.9. The number of ether oxygens (including phenoxy) is 1. The maximum absolute atomic E-state index is 8.70. The van der Waals surface area contributed by atoms with E-state index in [1.54, 1.807) is 7.11 Å². The van der Waals surface area contributed by atoms with Gasteiger partial charge in [0, 0.05) is 13.2 Å². The monoisotopic (exact) mass is 209 g/mol. The Kier molecular flexibility index (Phi) is 4.98. The van der Waals surface area contributed by atoms with Crippen LogP contribution in [0.25, 0.3) is 0 Å². The van der Waals surface area contributed by atoms with Gasteiger partial charge in [0.25, 0.3) is 0 Å². The Balaban J connectivity index is 2.72. The second-order valence-electron chi connectivity index (χ2n) is 3.39. The van der Waals surface area contributed by atoms with Crippen LogP contribution in [0.1, 0.15) is 18.9 Å². The van der Waals surface area contributed by atoms with Crippen molar-refractivity contribution >= 4 is 5.69 Å². The number of anilines is 1. The number of hydrogen-bond acceptors (Lipinski definition) is 3. The van der Waals surface area contributed by atoms with Crippen molar-refractivity contribution in [3.05, 3.63) is 23.8 Å². The van der Waals surface area contributed by atoms with Crippen LogP contribution >= 0.6 is 0 Å².